The molecule has 3 rings (SSSR count). The smallest absolute Gasteiger partial charge is 0.338 e. The number of ether oxygens (including phenoxy) is 2. The van der Waals surface area contributed by atoms with Gasteiger partial charge in [0.15, 0.2) is 6.61 Å². The van der Waals surface area contributed by atoms with Gasteiger partial charge in [0, 0.05) is 5.69 Å². The van der Waals surface area contributed by atoms with Crippen molar-refractivity contribution >= 4 is 23.3 Å². The van der Waals surface area contributed by atoms with Gasteiger partial charge in [-0.05, 0) is 68.1 Å². The quantitative estimate of drug-likeness (QED) is 0.580. The Morgan fingerprint density at radius 2 is 1.79 bits per heavy atom. The standard InChI is InChI=1S/C21H23FN2O4/c22-15-7-9-16(10-8-15)24-20(25)13-27-19-12-14(6-11-18(19)23)21(26)28-17-4-2-1-3-5-17/h6-12,17H,1-5,13,23H2,(H,24,25). The summed E-state index contributed by atoms with van der Waals surface area (Å²) in [7, 11) is 0. The monoisotopic (exact) mass is 386 g/mol. The van der Waals surface area contributed by atoms with Crippen molar-refractivity contribution in [3.63, 3.8) is 0 Å². The molecule has 1 saturated carbocycles. The van der Waals surface area contributed by atoms with E-state index in [-0.39, 0.29) is 24.3 Å². The molecule has 6 nitrogen and oxygen atoms in total. The summed E-state index contributed by atoms with van der Waals surface area (Å²) in [5.74, 6) is -1.01. The molecular weight excluding hydrogens is 363 g/mol. The summed E-state index contributed by atoms with van der Waals surface area (Å²) >= 11 is 0. The van der Waals surface area contributed by atoms with E-state index in [2.05, 4.69) is 5.32 Å². The molecule has 148 valence electrons. The summed E-state index contributed by atoms with van der Waals surface area (Å²) in [6.45, 7) is -0.303. The van der Waals surface area contributed by atoms with Crippen LogP contribution in [0.5, 0.6) is 5.75 Å². The fraction of sp³-hybridized carbons (Fsp3) is 0.333. The number of carbonyl (C=O) groups is 2. The van der Waals surface area contributed by atoms with Gasteiger partial charge in [-0.2, -0.15) is 0 Å². The molecule has 0 radical (unpaired) electrons. The van der Waals surface area contributed by atoms with Crippen molar-refractivity contribution in [3.05, 3.63) is 53.8 Å². The highest BCUT2D eigenvalue weighted by molar-refractivity contribution is 5.92. The zero-order valence-corrected chi connectivity index (χ0v) is 15.4. The van der Waals surface area contributed by atoms with Crippen molar-refractivity contribution in [1.29, 1.82) is 0 Å². The van der Waals surface area contributed by atoms with Crippen molar-refractivity contribution in [2.45, 2.75) is 38.2 Å². The van der Waals surface area contributed by atoms with Crippen LogP contribution in [0.3, 0.4) is 0 Å². The van der Waals surface area contributed by atoms with Crippen LogP contribution in [0.25, 0.3) is 0 Å². The number of rotatable bonds is 6. The van der Waals surface area contributed by atoms with Crippen molar-refractivity contribution < 1.29 is 23.5 Å². The van der Waals surface area contributed by atoms with Crippen LogP contribution >= 0.6 is 0 Å². The Morgan fingerprint density at radius 1 is 1.07 bits per heavy atom. The number of halogens is 1. The summed E-state index contributed by atoms with van der Waals surface area (Å²) in [5, 5.41) is 2.59. The first kappa shape index (κ1) is 19.7. The van der Waals surface area contributed by atoms with Crippen LogP contribution < -0.4 is 15.8 Å². The molecule has 2 aromatic carbocycles. The Kier molecular flexibility index (Phi) is 6.47. The Morgan fingerprint density at radius 3 is 2.50 bits per heavy atom. The van der Waals surface area contributed by atoms with E-state index >= 15 is 0 Å². The summed E-state index contributed by atoms with van der Waals surface area (Å²) in [6, 6.07) is 9.99. The van der Waals surface area contributed by atoms with Crippen LogP contribution in [0.15, 0.2) is 42.5 Å². The van der Waals surface area contributed by atoms with E-state index in [4.69, 9.17) is 15.2 Å². The lowest BCUT2D eigenvalue weighted by Gasteiger charge is -2.22. The predicted molar refractivity (Wildman–Crippen MR) is 104 cm³/mol. The van der Waals surface area contributed by atoms with Gasteiger partial charge in [0.1, 0.15) is 17.7 Å². The predicted octanol–water partition coefficient (Wildman–Crippen LogP) is 3.91. The third kappa shape index (κ3) is 5.45. The van der Waals surface area contributed by atoms with Crippen molar-refractivity contribution in [1.82, 2.24) is 0 Å². The highest BCUT2D eigenvalue weighted by atomic mass is 19.1. The lowest BCUT2D eigenvalue weighted by atomic mass is 9.98. The van der Waals surface area contributed by atoms with E-state index in [1.54, 1.807) is 12.1 Å². The van der Waals surface area contributed by atoms with Crippen molar-refractivity contribution in [2.24, 2.45) is 0 Å². The van der Waals surface area contributed by atoms with Crippen LogP contribution in [0, 0.1) is 5.82 Å². The van der Waals surface area contributed by atoms with E-state index in [1.165, 1.54) is 36.8 Å². The third-order valence-electron chi connectivity index (χ3n) is 4.56. The van der Waals surface area contributed by atoms with E-state index < -0.39 is 11.9 Å². The molecule has 0 atom stereocenters. The zero-order chi connectivity index (χ0) is 19.9. The van der Waals surface area contributed by atoms with Gasteiger partial charge in [0.25, 0.3) is 5.91 Å². The minimum Gasteiger partial charge on any atom is -0.482 e. The number of esters is 1. The Balaban J connectivity index is 1.57. The summed E-state index contributed by atoms with van der Waals surface area (Å²) in [5.41, 5.74) is 6.97. The van der Waals surface area contributed by atoms with E-state index in [0.717, 1.165) is 25.7 Å². The van der Waals surface area contributed by atoms with Gasteiger partial charge >= 0.3 is 5.97 Å². The molecule has 1 aliphatic carbocycles. The molecule has 0 spiro atoms. The minimum atomic E-state index is -0.429. The third-order valence-corrected chi connectivity index (χ3v) is 4.56. The number of carbonyl (C=O) groups excluding carboxylic acids is 2. The molecule has 1 fully saturated rings. The van der Waals surface area contributed by atoms with Crippen LogP contribution in [0.2, 0.25) is 0 Å². The molecule has 1 aliphatic rings. The first-order valence-electron chi connectivity index (χ1n) is 9.30. The highest BCUT2D eigenvalue weighted by Crippen LogP contribution is 2.25. The number of anilines is 2. The van der Waals surface area contributed by atoms with Crippen LogP contribution in [0.4, 0.5) is 15.8 Å². The SMILES string of the molecule is Nc1ccc(C(=O)OC2CCCCC2)cc1OCC(=O)Nc1ccc(F)cc1. The van der Waals surface area contributed by atoms with Gasteiger partial charge in [0.05, 0.1) is 11.3 Å². The van der Waals surface area contributed by atoms with E-state index in [0.29, 0.717) is 16.9 Å². The van der Waals surface area contributed by atoms with Gasteiger partial charge in [-0.3, -0.25) is 4.79 Å². The Hall–Kier alpha value is -3.09. The number of nitrogens with one attached hydrogen (secondary N) is 1. The number of benzene rings is 2. The van der Waals surface area contributed by atoms with Gasteiger partial charge in [-0.15, -0.1) is 0 Å². The van der Waals surface area contributed by atoms with E-state index in [1.807, 2.05) is 0 Å². The average molecular weight is 386 g/mol. The second kappa shape index (κ2) is 9.21. The van der Waals surface area contributed by atoms with Gasteiger partial charge in [-0.1, -0.05) is 6.42 Å². The largest absolute Gasteiger partial charge is 0.482 e. The maximum atomic E-state index is 12.9. The summed E-state index contributed by atoms with van der Waals surface area (Å²) < 4.78 is 23.9. The molecule has 0 aromatic heterocycles. The minimum absolute atomic E-state index is 0.0512. The van der Waals surface area contributed by atoms with E-state index in [9.17, 15) is 14.0 Å². The molecule has 0 bridgehead atoms. The summed E-state index contributed by atoms with van der Waals surface area (Å²) in [4.78, 5) is 24.4. The number of amides is 1. The fourth-order valence-corrected chi connectivity index (χ4v) is 3.06. The van der Waals surface area contributed by atoms with Gasteiger partial charge in [-0.25, -0.2) is 9.18 Å². The van der Waals surface area contributed by atoms with Crippen LogP contribution in [-0.2, 0) is 9.53 Å². The lowest BCUT2D eigenvalue weighted by molar-refractivity contribution is -0.118. The number of hydrogen-bond acceptors (Lipinski definition) is 5. The number of nitrogens with two attached hydrogens (primary N) is 1. The van der Waals surface area contributed by atoms with Gasteiger partial charge in [0.2, 0.25) is 0 Å². The maximum absolute atomic E-state index is 12.9. The fourth-order valence-electron chi connectivity index (χ4n) is 3.06. The average Bonchev–Trinajstić information content (AvgIpc) is 2.70. The molecule has 0 heterocycles. The molecule has 3 N–H and O–H groups in total. The molecule has 7 heteroatoms. The molecular formula is C21H23FN2O4. The van der Waals surface area contributed by atoms with Crippen LogP contribution in [-0.4, -0.2) is 24.6 Å². The maximum Gasteiger partial charge on any atom is 0.338 e. The van der Waals surface area contributed by atoms with Crippen molar-refractivity contribution in [2.75, 3.05) is 17.7 Å². The second-order valence-corrected chi connectivity index (χ2v) is 6.76. The molecule has 28 heavy (non-hydrogen) atoms. The first-order chi connectivity index (χ1) is 13.5. The highest BCUT2D eigenvalue weighted by Gasteiger charge is 2.19. The molecule has 0 saturated heterocycles. The molecule has 0 unspecified atom stereocenters. The zero-order valence-electron chi connectivity index (χ0n) is 15.4. The normalized spacial score (nSPS) is 14.3. The molecule has 0 aliphatic heterocycles. The lowest BCUT2D eigenvalue weighted by Crippen LogP contribution is -2.22. The number of hydrogen-bond donors (Lipinski definition) is 2. The Labute approximate surface area is 162 Å². The summed E-state index contributed by atoms with van der Waals surface area (Å²) in [6.07, 6.45) is 5.02. The Bertz CT molecular complexity index is 833. The first-order valence-corrected chi connectivity index (χ1v) is 9.30. The van der Waals surface area contributed by atoms with Gasteiger partial charge < -0.3 is 20.5 Å². The second-order valence-electron chi connectivity index (χ2n) is 6.76. The van der Waals surface area contributed by atoms with Crippen LogP contribution in [0.1, 0.15) is 42.5 Å². The molecule has 2 aromatic rings. The topological polar surface area (TPSA) is 90.7 Å². The number of nitrogen functional groups attached to an aromatic ring is 1. The van der Waals surface area contributed by atoms with Crippen molar-refractivity contribution in [3.8, 4) is 5.75 Å². The molecule has 1 amide bonds.